The van der Waals surface area contributed by atoms with Crippen molar-refractivity contribution in [3.8, 4) is 0 Å². The number of carbonyl (C=O) groups is 1. The van der Waals surface area contributed by atoms with Crippen LogP contribution in [-0.4, -0.2) is 16.3 Å². The summed E-state index contributed by atoms with van der Waals surface area (Å²) in [6.45, 7) is 13.0. The summed E-state index contributed by atoms with van der Waals surface area (Å²) >= 11 is 0. The van der Waals surface area contributed by atoms with Crippen LogP contribution in [0, 0.1) is 0 Å². The van der Waals surface area contributed by atoms with E-state index >= 15 is 0 Å². The maximum atomic E-state index is 12.7. The van der Waals surface area contributed by atoms with E-state index in [-0.39, 0.29) is 16.9 Å². The van der Waals surface area contributed by atoms with Gasteiger partial charge in [0.05, 0.1) is 1.37 Å². The Morgan fingerprint density at radius 2 is 1.78 bits per heavy atom. The molecule has 2 nitrogen and oxygen atoms in total. The van der Waals surface area contributed by atoms with Crippen molar-refractivity contribution in [1.29, 1.82) is 0 Å². The average molecular weight is 246 g/mol. The van der Waals surface area contributed by atoms with Crippen LogP contribution in [0.1, 0.15) is 64.4 Å². The third-order valence-corrected chi connectivity index (χ3v) is 3.48. The van der Waals surface area contributed by atoms with E-state index in [2.05, 4.69) is 41.5 Å². The SMILES string of the molecule is [2H]c1cc2c(c(C(C)(C)C)c1)C(=O)N(C(C)(C)C)C2. The molecular weight excluding hydrogens is 222 g/mol. The molecule has 2 rings (SSSR count). The van der Waals surface area contributed by atoms with E-state index in [4.69, 9.17) is 1.37 Å². The fraction of sp³-hybridized carbons (Fsp3) is 0.562. The van der Waals surface area contributed by atoms with Crippen LogP contribution in [0.4, 0.5) is 0 Å². The van der Waals surface area contributed by atoms with Gasteiger partial charge in [0.15, 0.2) is 0 Å². The number of nitrogens with zero attached hydrogens (tertiary/aromatic N) is 1. The smallest absolute Gasteiger partial charge is 0.255 e. The van der Waals surface area contributed by atoms with Crippen LogP contribution in [0.25, 0.3) is 0 Å². The summed E-state index contributed by atoms with van der Waals surface area (Å²) < 4.78 is 7.94. The first kappa shape index (κ1) is 11.8. The molecule has 0 spiro atoms. The van der Waals surface area contributed by atoms with Crippen molar-refractivity contribution in [3.05, 3.63) is 34.9 Å². The first-order valence-corrected chi connectivity index (χ1v) is 6.48. The maximum Gasteiger partial charge on any atom is 0.255 e. The monoisotopic (exact) mass is 246 g/mol. The van der Waals surface area contributed by atoms with Gasteiger partial charge in [0.25, 0.3) is 5.91 Å². The number of rotatable bonds is 0. The lowest BCUT2D eigenvalue weighted by molar-refractivity contribution is 0.0608. The van der Waals surface area contributed by atoms with E-state index < -0.39 is 0 Å². The molecule has 0 bridgehead atoms. The normalized spacial score (nSPS) is 16.9. The fourth-order valence-corrected chi connectivity index (χ4v) is 2.43. The molecule has 0 N–H and O–H groups in total. The Morgan fingerprint density at radius 3 is 2.28 bits per heavy atom. The van der Waals surface area contributed by atoms with Crippen molar-refractivity contribution >= 4 is 5.91 Å². The molecule has 0 aromatic heterocycles. The molecule has 1 heterocycles. The summed E-state index contributed by atoms with van der Waals surface area (Å²) in [5, 5.41) is 0. The molecule has 0 fully saturated rings. The highest BCUT2D eigenvalue weighted by Crippen LogP contribution is 2.35. The second-order valence-electron chi connectivity index (χ2n) is 7.08. The highest BCUT2D eigenvalue weighted by atomic mass is 16.2. The van der Waals surface area contributed by atoms with Gasteiger partial charge in [-0.2, -0.15) is 0 Å². The second kappa shape index (κ2) is 3.84. The van der Waals surface area contributed by atoms with Crippen molar-refractivity contribution in [2.24, 2.45) is 0 Å². The Bertz CT molecular complexity index is 535. The predicted octanol–water partition coefficient (Wildman–Crippen LogP) is 3.74. The first-order valence-electron chi connectivity index (χ1n) is 6.98. The number of fused-ring (bicyclic) bond motifs is 1. The molecule has 2 heteroatoms. The summed E-state index contributed by atoms with van der Waals surface area (Å²) in [4.78, 5) is 14.6. The third kappa shape index (κ3) is 2.05. The molecule has 1 aromatic rings. The van der Waals surface area contributed by atoms with Gasteiger partial charge in [0.2, 0.25) is 0 Å². The molecule has 1 aromatic carbocycles. The van der Waals surface area contributed by atoms with Crippen molar-refractivity contribution in [1.82, 2.24) is 4.90 Å². The van der Waals surface area contributed by atoms with Gasteiger partial charge in [-0.1, -0.05) is 38.9 Å². The number of carbonyl (C=O) groups excluding carboxylic acids is 1. The highest BCUT2D eigenvalue weighted by molar-refractivity contribution is 6.00. The lowest BCUT2D eigenvalue weighted by Gasteiger charge is -2.32. The van der Waals surface area contributed by atoms with E-state index in [9.17, 15) is 4.79 Å². The summed E-state index contributed by atoms with van der Waals surface area (Å²) in [5.74, 6) is 0.104. The van der Waals surface area contributed by atoms with E-state index in [1.54, 1.807) is 0 Å². The molecule has 0 saturated heterocycles. The van der Waals surface area contributed by atoms with Crippen LogP contribution in [-0.2, 0) is 12.0 Å². The largest absolute Gasteiger partial charge is 0.329 e. The minimum Gasteiger partial charge on any atom is -0.329 e. The summed E-state index contributed by atoms with van der Waals surface area (Å²) in [7, 11) is 0. The van der Waals surface area contributed by atoms with Crippen LogP contribution < -0.4 is 0 Å². The van der Waals surface area contributed by atoms with Crippen molar-refractivity contribution in [2.45, 2.75) is 59.0 Å². The van der Waals surface area contributed by atoms with Crippen LogP contribution in [0.5, 0.6) is 0 Å². The van der Waals surface area contributed by atoms with Gasteiger partial charge in [0.1, 0.15) is 0 Å². The number of amides is 1. The molecule has 1 aliphatic heterocycles. The fourth-order valence-electron chi connectivity index (χ4n) is 2.43. The Balaban J connectivity index is 2.61. The maximum absolute atomic E-state index is 12.7. The van der Waals surface area contributed by atoms with Gasteiger partial charge >= 0.3 is 0 Å². The minimum absolute atomic E-state index is 0.104. The predicted molar refractivity (Wildman–Crippen MR) is 74.8 cm³/mol. The molecule has 1 aliphatic rings. The minimum atomic E-state index is -0.187. The first-order chi connectivity index (χ1) is 8.51. The summed E-state index contributed by atoms with van der Waals surface area (Å²) in [6.07, 6.45) is 0. The van der Waals surface area contributed by atoms with Crippen LogP contribution >= 0.6 is 0 Å². The summed E-state index contributed by atoms with van der Waals surface area (Å²) in [5.41, 5.74) is 2.50. The summed E-state index contributed by atoms with van der Waals surface area (Å²) in [6, 6.07) is 4.16. The van der Waals surface area contributed by atoms with Crippen LogP contribution in [0.15, 0.2) is 18.2 Å². The van der Waals surface area contributed by atoms with Gasteiger partial charge in [-0.05, 0) is 37.3 Å². The average Bonchev–Trinajstić information content (AvgIpc) is 2.52. The van der Waals surface area contributed by atoms with Crippen LogP contribution in [0.2, 0.25) is 0 Å². The Labute approximate surface area is 111 Å². The zero-order valence-electron chi connectivity index (χ0n) is 13.2. The van der Waals surface area contributed by atoms with Gasteiger partial charge in [-0.15, -0.1) is 0 Å². The number of benzene rings is 1. The Morgan fingerprint density at radius 1 is 1.17 bits per heavy atom. The molecule has 0 radical (unpaired) electrons. The zero-order valence-corrected chi connectivity index (χ0v) is 12.2. The molecule has 98 valence electrons. The molecule has 0 saturated carbocycles. The number of hydrogen-bond donors (Lipinski definition) is 0. The van der Waals surface area contributed by atoms with Gasteiger partial charge in [0, 0.05) is 17.6 Å². The third-order valence-electron chi connectivity index (χ3n) is 3.48. The lowest BCUT2D eigenvalue weighted by Crippen LogP contribution is -2.41. The molecule has 0 aliphatic carbocycles. The van der Waals surface area contributed by atoms with Crippen molar-refractivity contribution in [3.63, 3.8) is 0 Å². The Kier molecular flexibility index (Phi) is 2.51. The van der Waals surface area contributed by atoms with E-state index in [0.717, 1.165) is 16.7 Å². The lowest BCUT2D eigenvalue weighted by atomic mass is 9.82. The van der Waals surface area contributed by atoms with Gasteiger partial charge in [-0.3, -0.25) is 4.79 Å². The topological polar surface area (TPSA) is 20.3 Å². The zero-order chi connectivity index (χ0) is 14.6. The van der Waals surface area contributed by atoms with E-state index in [0.29, 0.717) is 12.6 Å². The molecule has 0 unspecified atom stereocenters. The van der Waals surface area contributed by atoms with E-state index in [1.807, 2.05) is 17.0 Å². The quantitative estimate of drug-likeness (QED) is 0.683. The second-order valence-corrected chi connectivity index (χ2v) is 7.08. The molecule has 1 amide bonds. The van der Waals surface area contributed by atoms with E-state index in [1.165, 1.54) is 0 Å². The van der Waals surface area contributed by atoms with Crippen LogP contribution in [0.3, 0.4) is 0 Å². The highest BCUT2D eigenvalue weighted by Gasteiger charge is 2.37. The van der Waals surface area contributed by atoms with Gasteiger partial charge in [-0.25, -0.2) is 0 Å². The van der Waals surface area contributed by atoms with Gasteiger partial charge < -0.3 is 4.90 Å². The molecule has 0 atom stereocenters. The number of hydrogen-bond acceptors (Lipinski definition) is 1. The Hall–Kier alpha value is -1.31. The standard InChI is InChI=1S/C16H23NO/c1-15(2,3)12-9-7-8-11-10-17(16(4,5)6)14(18)13(11)12/h7-9H,10H2,1-6H3/i7D. The molecular formula is C16H23NO. The van der Waals surface area contributed by atoms with Crippen molar-refractivity contribution < 1.29 is 6.17 Å². The van der Waals surface area contributed by atoms with Crippen molar-refractivity contribution in [2.75, 3.05) is 0 Å². The molecule has 18 heavy (non-hydrogen) atoms.